The average Bonchev–Trinajstić information content (AvgIpc) is 2.62. The van der Waals surface area contributed by atoms with Gasteiger partial charge in [-0.05, 0) is 38.4 Å². The van der Waals surface area contributed by atoms with Gasteiger partial charge in [0.15, 0.2) is 0 Å². The lowest BCUT2D eigenvalue weighted by Crippen LogP contribution is -2.42. The standard InChI is InChI=1S/C18H25N3O3/c1-13-12-14(6-7-19-13)17(22)20-16-5-3-2-4-15(16)18(23)21-8-10-24-11-9-21/h2-5,13-14,19H,6-12H2,1H3,(H,20,22)/t13-,14-/m0/s1. The molecule has 6 nitrogen and oxygen atoms in total. The first-order valence-electron chi connectivity index (χ1n) is 8.65. The third-order valence-corrected chi connectivity index (χ3v) is 4.71. The van der Waals surface area contributed by atoms with Gasteiger partial charge in [-0.2, -0.15) is 0 Å². The number of hydrogen-bond donors (Lipinski definition) is 2. The largest absolute Gasteiger partial charge is 0.378 e. The summed E-state index contributed by atoms with van der Waals surface area (Å²) in [7, 11) is 0. The van der Waals surface area contributed by atoms with Crippen molar-refractivity contribution in [2.24, 2.45) is 5.92 Å². The van der Waals surface area contributed by atoms with Gasteiger partial charge in [-0.25, -0.2) is 0 Å². The Balaban J connectivity index is 1.71. The molecule has 2 aliphatic heterocycles. The molecule has 1 aromatic rings. The third-order valence-electron chi connectivity index (χ3n) is 4.71. The normalized spacial score (nSPS) is 24.5. The van der Waals surface area contributed by atoms with Gasteiger partial charge in [0.2, 0.25) is 5.91 Å². The molecule has 2 heterocycles. The van der Waals surface area contributed by atoms with Gasteiger partial charge in [0, 0.05) is 25.0 Å². The molecule has 0 radical (unpaired) electrons. The van der Waals surface area contributed by atoms with Gasteiger partial charge in [0.1, 0.15) is 0 Å². The lowest BCUT2D eigenvalue weighted by Gasteiger charge is -2.29. The predicted molar refractivity (Wildman–Crippen MR) is 92.0 cm³/mol. The maximum absolute atomic E-state index is 12.7. The quantitative estimate of drug-likeness (QED) is 0.880. The Bertz CT molecular complexity index is 599. The number of ether oxygens (including phenoxy) is 1. The number of carbonyl (C=O) groups excluding carboxylic acids is 2. The van der Waals surface area contributed by atoms with Gasteiger partial charge < -0.3 is 20.3 Å². The second-order valence-corrected chi connectivity index (χ2v) is 6.52. The third kappa shape index (κ3) is 3.94. The Kier molecular flexibility index (Phi) is 5.48. The van der Waals surface area contributed by atoms with Crippen LogP contribution in [-0.4, -0.2) is 55.6 Å². The first kappa shape index (κ1) is 16.9. The van der Waals surface area contributed by atoms with Crippen LogP contribution in [0.5, 0.6) is 0 Å². The first-order chi connectivity index (χ1) is 11.6. The zero-order valence-electron chi connectivity index (χ0n) is 14.1. The van der Waals surface area contributed by atoms with E-state index in [1.54, 1.807) is 17.0 Å². The van der Waals surface area contributed by atoms with Crippen LogP contribution in [0.25, 0.3) is 0 Å². The Morgan fingerprint density at radius 1 is 1.25 bits per heavy atom. The molecular weight excluding hydrogens is 306 g/mol. The highest BCUT2D eigenvalue weighted by Gasteiger charge is 2.26. The average molecular weight is 331 g/mol. The second kappa shape index (κ2) is 7.77. The summed E-state index contributed by atoms with van der Waals surface area (Å²) in [5, 5.41) is 6.33. The van der Waals surface area contributed by atoms with E-state index in [0.717, 1.165) is 19.4 Å². The minimum atomic E-state index is -0.0483. The van der Waals surface area contributed by atoms with Crippen LogP contribution >= 0.6 is 0 Å². The smallest absolute Gasteiger partial charge is 0.256 e. The monoisotopic (exact) mass is 331 g/mol. The van der Waals surface area contributed by atoms with Crippen molar-refractivity contribution >= 4 is 17.5 Å². The highest BCUT2D eigenvalue weighted by atomic mass is 16.5. The molecule has 0 spiro atoms. The Morgan fingerprint density at radius 3 is 2.75 bits per heavy atom. The summed E-state index contributed by atoms with van der Waals surface area (Å²) in [6.45, 7) is 5.25. The number of nitrogens with zero attached hydrogens (tertiary/aromatic N) is 1. The molecule has 0 unspecified atom stereocenters. The molecule has 0 saturated carbocycles. The maximum atomic E-state index is 12.7. The molecule has 1 aromatic carbocycles. The number of carbonyl (C=O) groups is 2. The van der Waals surface area contributed by atoms with E-state index in [2.05, 4.69) is 17.6 Å². The number of rotatable bonds is 3. The molecule has 2 saturated heterocycles. The summed E-state index contributed by atoms with van der Waals surface area (Å²) in [6, 6.07) is 7.60. The highest BCUT2D eigenvalue weighted by Crippen LogP contribution is 2.22. The topological polar surface area (TPSA) is 70.7 Å². The SMILES string of the molecule is C[C@H]1C[C@@H](C(=O)Nc2ccccc2C(=O)N2CCOCC2)CCN1. The molecule has 2 amide bonds. The summed E-state index contributed by atoms with van der Waals surface area (Å²) in [5.41, 5.74) is 1.15. The number of para-hydroxylation sites is 1. The molecule has 2 fully saturated rings. The van der Waals surface area contributed by atoms with E-state index in [-0.39, 0.29) is 17.7 Å². The molecule has 2 aliphatic rings. The summed E-state index contributed by atoms with van der Waals surface area (Å²) in [4.78, 5) is 27.1. The van der Waals surface area contributed by atoms with E-state index in [1.807, 2.05) is 12.1 Å². The van der Waals surface area contributed by atoms with Crippen molar-refractivity contribution in [2.75, 3.05) is 38.2 Å². The van der Waals surface area contributed by atoms with Gasteiger partial charge >= 0.3 is 0 Å². The lowest BCUT2D eigenvalue weighted by molar-refractivity contribution is -0.120. The fourth-order valence-corrected chi connectivity index (χ4v) is 3.32. The van der Waals surface area contributed by atoms with Crippen molar-refractivity contribution in [3.8, 4) is 0 Å². The number of nitrogens with one attached hydrogen (secondary N) is 2. The maximum Gasteiger partial charge on any atom is 0.256 e. The fraction of sp³-hybridized carbons (Fsp3) is 0.556. The van der Waals surface area contributed by atoms with Gasteiger partial charge in [0.25, 0.3) is 5.91 Å². The number of hydrogen-bond acceptors (Lipinski definition) is 4. The molecule has 6 heteroatoms. The number of morpholine rings is 1. The molecule has 0 aliphatic carbocycles. The fourth-order valence-electron chi connectivity index (χ4n) is 3.32. The van der Waals surface area contributed by atoms with Crippen LogP contribution in [-0.2, 0) is 9.53 Å². The van der Waals surface area contributed by atoms with Gasteiger partial charge in [-0.15, -0.1) is 0 Å². The van der Waals surface area contributed by atoms with Gasteiger partial charge in [-0.1, -0.05) is 12.1 Å². The van der Waals surface area contributed by atoms with Crippen molar-refractivity contribution in [1.82, 2.24) is 10.2 Å². The molecular formula is C18H25N3O3. The molecule has 0 aromatic heterocycles. The lowest BCUT2D eigenvalue weighted by atomic mass is 9.92. The molecule has 2 atom stereocenters. The van der Waals surface area contributed by atoms with E-state index >= 15 is 0 Å². The molecule has 24 heavy (non-hydrogen) atoms. The number of benzene rings is 1. The van der Waals surface area contributed by atoms with Crippen LogP contribution in [0.1, 0.15) is 30.1 Å². The van der Waals surface area contributed by atoms with Crippen molar-refractivity contribution in [3.63, 3.8) is 0 Å². The molecule has 3 rings (SSSR count). The zero-order valence-corrected chi connectivity index (χ0v) is 14.1. The van der Waals surface area contributed by atoms with Crippen molar-refractivity contribution in [3.05, 3.63) is 29.8 Å². The van der Waals surface area contributed by atoms with Crippen molar-refractivity contribution in [2.45, 2.75) is 25.8 Å². The van der Waals surface area contributed by atoms with Crippen LogP contribution in [0, 0.1) is 5.92 Å². The van der Waals surface area contributed by atoms with Crippen molar-refractivity contribution in [1.29, 1.82) is 0 Å². The van der Waals surface area contributed by atoms with Crippen LogP contribution in [0.4, 0.5) is 5.69 Å². The van der Waals surface area contributed by atoms with Crippen LogP contribution < -0.4 is 10.6 Å². The summed E-state index contributed by atoms with van der Waals surface area (Å²) in [6.07, 6.45) is 1.65. The number of piperidine rings is 1. The van der Waals surface area contributed by atoms with Crippen molar-refractivity contribution < 1.29 is 14.3 Å². The zero-order chi connectivity index (χ0) is 16.9. The molecule has 0 bridgehead atoms. The van der Waals surface area contributed by atoms with Crippen LogP contribution in [0.3, 0.4) is 0 Å². The van der Waals surface area contributed by atoms with E-state index in [4.69, 9.17) is 4.74 Å². The van der Waals surface area contributed by atoms with E-state index in [1.165, 1.54) is 0 Å². The Hall–Kier alpha value is -1.92. The van der Waals surface area contributed by atoms with Gasteiger partial charge in [0.05, 0.1) is 24.5 Å². The minimum Gasteiger partial charge on any atom is -0.378 e. The van der Waals surface area contributed by atoms with Crippen LogP contribution in [0.2, 0.25) is 0 Å². The molecule has 2 N–H and O–H groups in total. The van der Waals surface area contributed by atoms with E-state index in [9.17, 15) is 9.59 Å². The van der Waals surface area contributed by atoms with Gasteiger partial charge in [-0.3, -0.25) is 9.59 Å². The van der Waals surface area contributed by atoms with E-state index in [0.29, 0.717) is 43.6 Å². The second-order valence-electron chi connectivity index (χ2n) is 6.52. The molecule has 130 valence electrons. The summed E-state index contributed by atoms with van der Waals surface area (Å²) >= 11 is 0. The number of anilines is 1. The summed E-state index contributed by atoms with van der Waals surface area (Å²) < 4.78 is 5.30. The number of amides is 2. The highest BCUT2D eigenvalue weighted by molar-refractivity contribution is 6.04. The Labute approximate surface area is 142 Å². The van der Waals surface area contributed by atoms with E-state index < -0.39 is 0 Å². The Morgan fingerprint density at radius 2 is 2.00 bits per heavy atom. The first-order valence-corrected chi connectivity index (χ1v) is 8.65. The summed E-state index contributed by atoms with van der Waals surface area (Å²) in [5.74, 6) is -0.0498. The minimum absolute atomic E-state index is 0.00516. The predicted octanol–water partition coefficient (Wildman–Crippen LogP) is 1.49. The van der Waals surface area contributed by atoms with Crippen LogP contribution in [0.15, 0.2) is 24.3 Å².